The predicted molar refractivity (Wildman–Crippen MR) is 166 cm³/mol. The third-order valence-electron chi connectivity index (χ3n) is 11.4. The zero-order valence-corrected chi connectivity index (χ0v) is 26.2. The number of aliphatic hydroxyl groups excluding tert-OH is 1. The molecule has 0 radical (unpaired) electrons. The molecular weight excluding hydrogens is 543 g/mol. The number of nitrogen functional groups attached to an aromatic ring is 1. The molecule has 4 fully saturated rings. The van der Waals surface area contributed by atoms with E-state index in [9.17, 15) is 14.8 Å². The summed E-state index contributed by atoms with van der Waals surface area (Å²) in [4.78, 5) is 14.1. The number of alkyl halides is 1. The Balaban J connectivity index is 0.000000277. The molecule has 7 rings (SSSR count). The van der Waals surface area contributed by atoms with Gasteiger partial charge in [0.15, 0.2) is 0 Å². The van der Waals surface area contributed by atoms with Crippen LogP contribution in [0, 0.1) is 11.3 Å². The summed E-state index contributed by atoms with van der Waals surface area (Å²) in [6.45, 7) is 9.01. The van der Waals surface area contributed by atoms with Crippen LogP contribution in [0.1, 0.15) is 112 Å². The lowest BCUT2D eigenvalue weighted by molar-refractivity contribution is -0.0275. The van der Waals surface area contributed by atoms with Crippen molar-refractivity contribution >= 4 is 11.5 Å². The second-order valence-electron chi connectivity index (χ2n) is 13.8. The molecule has 3 N–H and O–H groups in total. The molecule has 2 aromatic rings. The van der Waals surface area contributed by atoms with E-state index in [0.29, 0.717) is 36.3 Å². The van der Waals surface area contributed by atoms with Crippen molar-refractivity contribution in [2.45, 2.75) is 120 Å². The Labute approximate surface area is 255 Å². The van der Waals surface area contributed by atoms with Crippen LogP contribution in [-0.2, 0) is 12.8 Å². The van der Waals surface area contributed by atoms with Crippen LogP contribution in [0.5, 0.6) is 6.01 Å². The van der Waals surface area contributed by atoms with Crippen molar-refractivity contribution in [3.63, 3.8) is 0 Å². The van der Waals surface area contributed by atoms with Crippen molar-refractivity contribution in [1.82, 2.24) is 14.9 Å². The molecule has 3 aliphatic heterocycles. The number of aliphatic hydroxyl groups is 1. The van der Waals surface area contributed by atoms with Crippen molar-refractivity contribution in [2.24, 2.45) is 0 Å². The Kier molecular flexibility index (Phi) is 8.06. The summed E-state index contributed by atoms with van der Waals surface area (Å²) in [5, 5.41) is 20.5. The molecule has 8 nitrogen and oxygen atoms in total. The van der Waals surface area contributed by atoms with E-state index in [1.807, 2.05) is 6.07 Å². The second-order valence-corrected chi connectivity index (χ2v) is 13.8. The minimum Gasteiger partial charge on any atom is -0.467 e. The van der Waals surface area contributed by atoms with E-state index in [0.717, 1.165) is 80.6 Å². The van der Waals surface area contributed by atoms with Crippen LogP contribution in [-0.4, -0.2) is 70.1 Å². The topological polar surface area (TPSA) is 112 Å². The predicted octanol–water partition coefficient (Wildman–Crippen LogP) is 5.41. The number of fused-ring (bicyclic) bond motifs is 2. The molecule has 9 heteroatoms. The first-order valence-electron chi connectivity index (χ1n) is 16.2. The number of aromatic nitrogens is 2. The minimum atomic E-state index is -0.551. The number of anilines is 2. The molecule has 4 unspecified atom stereocenters. The highest BCUT2D eigenvalue weighted by atomic mass is 19.1. The first-order chi connectivity index (χ1) is 20.6. The molecule has 232 valence electrons. The summed E-state index contributed by atoms with van der Waals surface area (Å²) in [7, 11) is 1.60. The second kappa shape index (κ2) is 11.5. The SMILES string of the molecule is CC12CCCN1CC(F)C2.CC[C@H](C)c1ccc(N)c(C#N)c1C1CCc2c(nc(OC)nc2N2CC(O)C23CCC3)C1. The highest BCUT2D eigenvalue weighted by Crippen LogP contribution is 2.51. The number of ether oxygens (including phenoxy) is 1. The summed E-state index contributed by atoms with van der Waals surface area (Å²) < 4.78 is 18.3. The number of methoxy groups -OCH3 is 1. The van der Waals surface area contributed by atoms with Gasteiger partial charge in [-0.15, -0.1) is 0 Å². The number of nitrogens with two attached hydrogens (primary N) is 1. The maximum absolute atomic E-state index is 12.8. The van der Waals surface area contributed by atoms with Gasteiger partial charge in [-0.1, -0.05) is 19.9 Å². The maximum Gasteiger partial charge on any atom is 0.318 e. The van der Waals surface area contributed by atoms with Gasteiger partial charge in [-0.2, -0.15) is 15.2 Å². The van der Waals surface area contributed by atoms with Crippen molar-refractivity contribution in [3.05, 3.63) is 40.1 Å². The van der Waals surface area contributed by atoms with Gasteiger partial charge in [-0.25, -0.2) is 4.39 Å². The van der Waals surface area contributed by atoms with Gasteiger partial charge in [0.25, 0.3) is 0 Å². The van der Waals surface area contributed by atoms with E-state index < -0.39 is 6.17 Å². The summed E-state index contributed by atoms with van der Waals surface area (Å²) in [6.07, 6.45) is 9.04. The van der Waals surface area contributed by atoms with Crippen LogP contribution in [0.2, 0.25) is 0 Å². The van der Waals surface area contributed by atoms with Crippen LogP contribution in [0.15, 0.2) is 12.1 Å². The van der Waals surface area contributed by atoms with E-state index in [1.165, 1.54) is 18.4 Å². The summed E-state index contributed by atoms with van der Waals surface area (Å²) >= 11 is 0. The van der Waals surface area contributed by atoms with Gasteiger partial charge < -0.3 is 20.5 Å². The number of halogens is 1. The molecule has 1 saturated carbocycles. The van der Waals surface area contributed by atoms with Gasteiger partial charge in [-0.05, 0) is 107 Å². The Morgan fingerprint density at radius 2 is 2.02 bits per heavy atom. The molecule has 0 bridgehead atoms. The number of nitrogens with zero attached hydrogens (tertiary/aromatic N) is 5. The van der Waals surface area contributed by atoms with Crippen molar-refractivity contribution in [2.75, 3.05) is 37.4 Å². The summed E-state index contributed by atoms with van der Waals surface area (Å²) in [5.41, 5.74) is 11.9. The molecule has 43 heavy (non-hydrogen) atoms. The van der Waals surface area contributed by atoms with Crippen LogP contribution in [0.3, 0.4) is 0 Å². The van der Waals surface area contributed by atoms with Crippen LogP contribution in [0.25, 0.3) is 0 Å². The Bertz CT molecular complexity index is 1410. The van der Waals surface area contributed by atoms with E-state index in [1.54, 1.807) is 7.11 Å². The maximum atomic E-state index is 12.8. The standard InChI is InChI=1S/C26H33N5O2.C8H14FN/c1-4-15(2)17-8-9-20(28)19(13-27)23(17)16-6-7-18-21(12-16)29-25(33-3)30-24(18)31-14-22(32)26(31)10-5-11-26;1-8-3-2-4-10(8)6-7(9)5-8/h8-9,15-16,22,32H,4-7,10-12,14,28H2,1-3H3;7H,2-6H2,1H3/t15-,16?,22?;/m0./s1. The Morgan fingerprint density at radius 1 is 1.23 bits per heavy atom. The lowest BCUT2D eigenvalue weighted by Gasteiger charge is -2.62. The fourth-order valence-electron chi connectivity index (χ4n) is 8.44. The van der Waals surface area contributed by atoms with E-state index in [4.69, 9.17) is 20.4 Å². The normalized spacial score (nSPS) is 29.4. The van der Waals surface area contributed by atoms with Gasteiger partial charge in [0.1, 0.15) is 18.1 Å². The highest BCUT2D eigenvalue weighted by Gasteiger charge is 2.57. The van der Waals surface area contributed by atoms with Gasteiger partial charge in [0, 0.05) is 29.9 Å². The van der Waals surface area contributed by atoms with Gasteiger partial charge >= 0.3 is 6.01 Å². The molecule has 0 amide bonds. The lowest BCUT2D eigenvalue weighted by Crippen LogP contribution is -2.74. The third kappa shape index (κ3) is 5.04. The molecule has 3 saturated heterocycles. The molecule has 1 aromatic heterocycles. The van der Waals surface area contributed by atoms with Crippen molar-refractivity contribution in [3.8, 4) is 12.1 Å². The summed E-state index contributed by atoms with van der Waals surface area (Å²) in [5.74, 6) is 1.45. The smallest absolute Gasteiger partial charge is 0.318 e. The number of β-amino-alcohol motifs (C(OH)–C–C–N with tert-alkyl or cyclic N) is 1. The fourth-order valence-corrected chi connectivity index (χ4v) is 8.44. The average Bonchev–Trinajstić information content (AvgIpc) is 3.46. The monoisotopic (exact) mass is 590 g/mol. The zero-order valence-electron chi connectivity index (χ0n) is 26.2. The molecule has 5 atom stereocenters. The fraction of sp³-hybridized carbons (Fsp3) is 0.676. The van der Waals surface area contributed by atoms with E-state index in [-0.39, 0.29) is 23.1 Å². The van der Waals surface area contributed by atoms with E-state index >= 15 is 0 Å². The summed E-state index contributed by atoms with van der Waals surface area (Å²) in [6, 6.07) is 6.73. The number of hydrogen-bond acceptors (Lipinski definition) is 8. The first kappa shape index (κ1) is 30.1. The van der Waals surface area contributed by atoms with Gasteiger partial charge in [0.05, 0.1) is 30.0 Å². The molecule has 4 heterocycles. The van der Waals surface area contributed by atoms with Crippen LogP contribution in [0.4, 0.5) is 15.9 Å². The molecule has 2 aliphatic carbocycles. The van der Waals surface area contributed by atoms with Gasteiger partial charge in [0.2, 0.25) is 0 Å². The number of nitriles is 1. The zero-order chi connectivity index (χ0) is 30.5. The molecule has 1 spiro atoms. The average molecular weight is 591 g/mol. The minimum absolute atomic E-state index is 0.157. The lowest BCUT2D eigenvalue weighted by atomic mass is 9.65. The third-order valence-corrected chi connectivity index (χ3v) is 11.4. The van der Waals surface area contributed by atoms with Gasteiger partial charge in [-0.3, -0.25) is 4.90 Å². The molecule has 5 aliphatic rings. The molecule has 1 aromatic carbocycles. The molecular formula is C34H47FN6O2. The Hall–Kier alpha value is -2.96. The van der Waals surface area contributed by atoms with Crippen molar-refractivity contribution in [1.29, 1.82) is 5.26 Å². The van der Waals surface area contributed by atoms with Crippen LogP contribution < -0.4 is 15.4 Å². The number of benzene rings is 1. The van der Waals surface area contributed by atoms with E-state index in [2.05, 4.69) is 42.7 Å². The first-order valence-corrected chi connectivity index (χ1v) is 16.2. The largest absolute Gasteiger partial charge is 0.467 e. The quantitative estimate of drug-likeness (QED) is 0.445. The number of hydrogen-bond donors (Lipinski definition) is 2. The Morgan fingerprint density at radius 3 is 2.65 bits per heavy atom. The van der Waals surface area contributed by atoms with Crippen LogP contribution >= 0.6 is 0 Å². The highest BCUT2D eigenvalue weighted by molar-refractivity contribution is 5.63. The van der Waals surface area contributed by atoms with Crippen molar-refractivity contribution < 1.29 is 14.2 Å². The number of rotatable bonds is 5.